The maximum atomic E-state index is 12.7. The molecule has 0 bridgehead atoms. The molecule has 28 heavy (non-hydrogen) atoms. The number of amides is 1. The van der Waals surface area contributed by atoms with Gasteiger partial charge in [0, 0.05) is 38.6 Å². The maximum absolute atomic E-state index is 12.7. The zero-order valence-corrected chi connectivity index (χ0v) is 16.2. The lowest BCUT2D eigenvalue weighted by Crippen LogP contribution is -2.61. The number of hydrogen-bond acceptors (Lipinski definition) is 2. The van der Waals surface area contributed by atoms with Crippen molar-refractivity contribution < 1.29 is 4.79 Å². The van der Waals surface area contributed by atoms with Gasteiger partial charge < -0.3 is 4.90 Å². The summed E-state index contributed by atoms with van der Waals surface area (Å²) in [6.07, 6.45) is 2.55. The van der Waals surface area contributed by atoms with Gasteiger partial charge in [0.15, 0.2) is 0 Å². The highest BCUT2D eigenvalue weighted by atomic mass is 16.2. The molecule has 0 radical (unpaired) electrons. The summed E-state index contributed by atoms with van der Waals surface area (Å²) in [6.45, 7) is 3.91. The van der Waals surface area contributed by atoms with Gasteiger partial charge in [-0.3, -0.25) is 9.69 Å². The normalized spacial score (nSPS) is 17.4. The predicted molar refractivity (Wildman–Crippen MR) is 113 cm³/mol. The van der Waals surface area contributed by atoms with E-state index in [0.717, 1.165) is 39.0 Å². The van der Waals surface area contributed by atoms with Crippen LogP contribution in [-0.4, -0.2) is 41.4 Å². The van der Waals surface area contributed by atoms with E-state index in [1.165, 1.54) is 27.5 Å². The quantitative estimate of drug-likeness (QED) is 0.692. The molecule has 0 unspecified atom stereocenters. The molecule has 2 aliphatic heterocycles. The highest BCUT2D eigenvalue weighted by molar-refractivity contribution is 5.86. The largest absolute Gasteiger partial charge is 0.339 e. The molecule has 2 aliphatic rings. The van der Waals surface area contributed by atoms with Gasteiger partial charge in [0.25, 0.3) is 0 Å². The minimum absolute atomic E-state index is 0.293. The second-order valence-electron chi connectivity index (χ2n) is 8.08. The zero-order chi connectivity index (χ0) is 18.9. The minimum atomic E-state index is 0.293. The van der Waals surface area contributed by atoms with Crippen molar-refractivity contribution in [2.24, 2.45) is 0 Å². The molecule has 0 aromatic heterocycles. The summed E-state index contributed by atoms with van der Waals surface area (Å²) in [5, 5.41) is 2.52. The fourth-order valence-corrected chi connectivity index (χ4v) is 4.63. The van der Waals surface area contributed by atoms with Crippen LogP contribution in [0.5, 0.6) is 0 Å². The number of fused-ring (bicyclic) bond motifs is 2. The third-order valence-electron chi connectivity index (χ3n) is 6.38. The van der Waals surface area contributed by atoms with Crippen molar-refractivity contribution in [2.75, 3.05) is 19.6 Å². The second kappa shape index (κ2) is 7.40. The van der Waals surface area contributed by atoms with Gasteiger partial charge in [-0.05, 0) is 40.3 Å². The highest BCUT2D eigenvalue weighted by Gasteiger charge is 2.35. The molecule has 0 saturated carbocycles. The number of carbonyl (C=O) groups is 1. The standard InChI is InChI=1S/C25H26N2O/c28-25(13-12-21-10-5-9-20-7-3-4-11-24(20)21)27-17-23(18-27)26-15-14-19-6-1-2-8-22(19)16-26/h1-11,23H,12-18H2. The van der Waals surface area contributed by atoms with Crippen molar-refractivity contribution in [2.45, 2.75) is 31.8 Å². The number of nitrogens with zero attached hydrogens (tertiary/aromatic N) is 2. The monoisotopic (exact) mass is 370 g/mol. The summed E-state index contributed by atoms with van der Waals surface area (Å²) >= 11 is 0. The van der Waals surface area contributed by atoms with Gasteiger partial charge in [0.05, 0.1) is 0 Å². The molecule has 3 aromatic carbocycles. The molecule has 1 amide bonds. The van der Waals surface area contributed by atoms with E-state index in [0.29, 0.717) is 18.4 Å². The Morgan fingerprint density at radius 2 is 1.64 bits per heavy atom. The van der Waals surface area contributed by atoms with Gasteiger partial charge >= 0.3 is 0 Å². The number of aryl methyl sites for hydroxylation is 1. The van der Waals surface area contributed by atoms with E-state index in [1.54, 1.807) is 0 Å². The van der Waals surface area contributed by atoms with Crippen molar-refractivity contribution in [1.29, 1.82) is 0 Å². The first-order valence-corrected chi connectivity index (χ1v) is 10.3. The van der Waals surface area contributed by atoms with Gasteiger partial charge in [0.1, 0.15) is 0 Å². The molecule has 0 atom stereocenters. The molecule has 3 nitrogen and oxygen atoms in total. The van der Waals surface area contributed by atoms with Crippen LogP contribution in [-0.2, 0) is 24.2 Å². The summed E-state index contributed by atoms with van der Waals surface area (Å²) in [5.74, 6) is 0.293. The Balaban J connectivity index is 1.15. The number of rotatable bonds is 4. The van der Waals surface area contributed by atoms with E-state index in [2.05, 4.69) is 71.6 Å². The summed E-state index contributed by atoms with van der Waals surface area (Å²) in [4.78, 5) is 17.3. The summed E-state index contributed by atoms with van der Waals surface area (Å²) in [7, 11) is 0. The SMILES string of the molecule is O=C(CCc1cccc2ccccc12)N1CC(N2CCc3ccccc3C2)C1. The fraction of sp³-hybridized carbons (Fsp3) is 0.320. The Kier molecular flexibility index (Phi) is 4.61. The van der Waals surface area contributed by atoms with Crippen molar-refractivity contribution in [1.82, 2.24) is 9.80 Å². The fourth-order valence-electron chi connectivity index (χ4n) is 4.63. The van der Waals surface area contributed by atoms with Crippen LogP contribution in [0.1, 0.15) is 23.1 Å². The lowest BCUT2D eigenvalue weighted by molar-refractivity contribution is -0.138. The van der Waals surface area contributed by atoms with Crippen LogP contribution in [0.4, 0.5) is 0 Å². The number of carbonyl (C=O) groups excluding carboxylic acids is 1. The van der Waals surface area contributed by atoms with Gasteiger partial charge in [-0.2, -0.15) is 0 Å². The van der Waals surface area contributed by atoms with E-state index < -0.39 is 0 Å². The zero-order valence-electron chi connectivity index (χ0n) is 16.2. The van der Waals surface area contributed by atoms with Crippen LogP contribution in [0.15, 0.2) is 66.7 Å². The van der Waals surface area contributed by atoms with Crippen molar-refractivity contribution >= 4 is 16.7 Å². The van der Waals surface area contributed by atoms with Crippen molar-refractivity contribution in [3.63, 3.8) is 0 Å². The van der Waals surface area contributed by atoms with Gasteiger partial charge in [-0.25, -0.2) is 0 Å². The predicted octanol–water partition coefficient (Wildman–Crippen LogP) is 4.04. The van der Waals surface area contributed by atoms with E-state index in [4.69, 9.17) is 0 Å². The Labute approximate surface area is 166 Å². The first-order chi connectivity index (χ1) is 13.8. The van der Waals surface area contributed by atoms with Gasteiger partial charge in [0.2, 0.25) is 5.91 Å². The molecule has 0 N–H and O–H groups in total. The highest BCUT2D eigenvalue weighted by Crippen LogP contribution is 2.25. The summed E-state index contributed by atoms with van der Waals surface area (Å²) < 4.78 is 0. The van der Waals surface area contributed by atoms with Gasteiger partial charge in [-0.1, -0.05) is 66.7 Å². The topological polar surface area (TPSA) is 23.6 Å². The molecule has 0 spiro atoms. The lowest BCUT2D eigenvalue weighted by atomic mass is 9.96. The molecular formula is C25H26N2O. The van der Waals surface area contributed by atoms with E-state index in [1.807, 2.05) is 4.90 Å². The number of hydrogen-bond donors (Lipinski definition) is 0. The summed E-state index contributed by atoms with van der Waals surface area (Å²) in [5.41, 5.74) is 4.21. The molecule has 1 saturated heterocycles. The first kappa shape index (κ1) is 17.4. The third-order valence-corrected chi connectivity index (χ3v) is 6.38. The minimum Gasteiger partial charge on any atom is -0.339 e. The Morgan fingerprint density at radius 3 is 2.54 bits per heavy atom. The van der Waals surface area contributed by atoms with Crippen molar-refractivity contribution in [3.05, 3.63) is 83.4 Å². The number of benzene rings is 3. The average molecular weight is 370 g/mol. The third kappa shape index (κ3) is 3.31. The van der Waals surface area contributed by atoms with Crippen LogP contribution in [0.3, 0.4) is 0 Å². The Hall–Kier alpha value is -2.65. The maximum Gasteiger partial charge on any atom is 0.223 e. The lowest BCUT2D eigenvalue weighted by Gasteiger charge is -2.47. The van der Waals surface area contributed by atoms with E-state index in [-0.39, 0.29) is 0 Å². The molecule has 2 heterocycles. The van der Waals surface area contributed by atoms with Crippen LogP contribution < -0.4 is 0 Å². The molecule has 1 fully saturated rings. The van der Waals surface area contributed by atoms with Crippen LogP contribution in [0, 0.1) is 0 Å². The molecule has 0 aliphatic carbocycles. The smallest absolute Gasteiger partial charge is 0.223 e. The Bertz CT molecular complexity index is 1000. The van der Waals surface area contributed by atoms with E-state index in [9.17, 15) is 4.79 Å². The Morgan fingerprint density at radius 1 is 0.893 bits per heavy atom. The summed E-state index contributed by atoms with van der Waals surface area (Å²) in [6, 6.07) is 24.1. The molecule has 3 heteroatoms. The van der Waals surface area contributed by atoms with E-state index >= 15 is 0 Å². The first-order valence-electron chi connectivity index (χ1n) is 10.3. The molecule has 5 rings (SSSR count). The molecular weight excluding hydrogens is 344 g/mol. The molecule has 3 aromatic rings. The average Bonchev–Trinajstić information content (AvgIpc) is 2.71. The van der Waals surface area contributed by atoms with Crippen LogP contribution in [0.25, 0.3) is 10.8 Å². The van der Waals surface area contributed by atoms with Crippen LogP contribution >= 0.6 is 0 Å². The van der Waals surface area contributed by atoms with Crippen LogP contribution in [0.2, 0.25) is 0 Å². The second-order valence-corrected chi connectivity index (χ2v) is 8.08. The van der Waals surface area contributed by atoms with Crippen molar-refractivity contribution in [3.8, 4) is 0 Å². The number of likely N-dealkylation sites (tertiary alicyclic amines) is 1. The molecule has 142 valence electrons. The van der Waals surface area contributed by atoms with Gasteiger partial charge in [-0.15, -0.1) is 0 Å².